The van der Waals surface area contributed by atoms with E-state index < -0.39 is 96.5 Å². The van der Waals surface area contributed by atoms with Gasteiger partial charge in [0.05, 0.1) is 13.1 Å². The van der Waals surface area contributed by atoms with Crippen LogP contribution in [0.4, 0.5) is 0 Å². The summed E-state index contributed by atoms with van der Waals surface area (Å²) in [5.41, 5.74) is 7.90. The van der Waals surface area contributed by atoms with E-state index in [4.69, 9.17) is 5.73 Å². The fraction of sp³-hybridized carbons (Fsp3) is 0.439. The SMILES string of the molecule is CCCC[C@H](NC(C)=O)C(=O)NC1CCC(=O)NCCC(C(=O)N[C@@H](Cc2c[nH]c3ccccc23)C(N)=O)NC(=O)CNC(=O)C(Cc2ccccc2)NC(=O)CNC1=O. The molecule has 19 nitrogen and oxygen atoms in total. The zero-order valence-corrected chi connectivity index (χ0v) is 33.7. The van der Waals surface area contributed by atoms with Crippen molar-refractivity contribution >= 4 is 64.1 Å². The topological polar surface area (TPSA) is 292 Å². The molecule has 19 heteroatoms. The van der Waals surface area contributed by atoms with Crippen LogP contribution >= 0.6 is 0 Å². The average Bonchev–Trinajstić information content (AvgIpc) is 3.63. The van der Waals surface area contributed by atoms with Gasteiger partial charge in [0, 0.05) is 49.8 Å². The number of nitrogens with two attached hydrogens (primary N) is 1. The highest BCUT2D eigenvalue weighted by atomic mass is 16.2. The number of hydrogen-bond acceptors (Lipinski definition) is 9. The molecule has 1 fully saturated rings. The molecule has 2 heterocycles. The van der Waals surface area contributed by atoms with Gasteiger partial charge >= 0.3 is 0 Å². The largest absolute Gasteiger partial charge is 0.368 e. The summed E-state index contributed by atoms with van der Waals surface area (Å²) in [6.45, 7) is 1.79. The molecular weight excluding hydrogens is 777 g/mol. The second kappa shape index (κ2) is 23.0. The van der Waals surface area contributed by atoms with E-state index in [1.165, 1.54) is 6.92 Å². The number of H-pyrrole nitrogens is 1. The van der Waals surface area contributed by atoms with Crippen LogP contribution in [0.3, 0.4) is 0 Å². The molecule has 1 aromatic heterocycles. The minimum Gasteiger partial charge on any atom is -0.368 e. The third-order valence-electron chi connectivity index (χ3n) is 9.78. The lowest BCUT2D eigenvalue weighted by Gasteiger charge is -2.23. The van der Waals surface area contributed by atoms with Gasteiger partial charge in [0.2, 0.25) is 53.2 Å². The Morgan fingerprint density at radius 2 is 1.48 bits per heavy atom. The van der Waals surface area contributed by atoms with E-state index in [1.54, 1.807) is 36.5 Å². The molecule has 4 rings (SSSR count). The number of aromatic nitrogens is 1. The summed E-state index contributed by atoms with van der Waals surface area (Å²) in [4.78, 5) is 121. The monoisotopic (exact) mass is 830 g/mol. The normalized spacial score (nSPS) is 19.6. The highest BCUT2D eigenvalue weighted by Gasteiger charge is 2.30. The number of para-hydroxylation sites is 1. The fourth-order valence-corrected chi connectivity index (χ4v) is 6.60. The van der Waals surface area contributed by atoms with Crippen LogP contribution in [-0.2, 0) is 56.0 Å². The van der Waals surface area contributed by atoms with E-state index in [0.29, 0.717) is 24.0 Å². The Hall–Kier alpha value is -6.79. The zero-order chi connectivity index (χ0) is 43.6. The Morgan fingerprint density at radius 1 is 0.800 bits per heavy atom. The smallest absolute Gasteiger partial charge is 0.243 e. The minimum absolute atomic E-state index is 0.0126. The van der Waals surface area contributed by atoms with Crippen LogP contribution in [-0.4, -0.2) is 108 Å². The van der Waals surface area contributed by atoms with E-state index in [0.717, 1.165) is 17.3 Å². The third-order valence-corrected chi connectivity index (χ3v) is 9.78. The number of rotatable bonds is 13. The molecule has 322 valence electrons. The summed E-state index contributed by atoms with van der Waals surface area (Å²) < 4.78 is 0. The first-order valence-corrected chi connectivity index (χ1v) is 19.9. The van der Waals surface area contributed by atoms with E-state index in [9.17, 15) is 43.2 Å². The number of carbonyl (C=O) groups is 9. The summed E-state index contributed by atoms with van der Waals surface area (Å²) >= 11 is 0. The molecular formula is C41H54N10O9. The molecule has 0 bridgehead atoms. The predicted molar refractivity (Wildman–Crippen MR) is 219 cm³/mol. The van der Waals surface area contributed by atoms with Gasteiger partial charge in [-0.15, -0.1) is 0 Å². The highest BCUT2D eigenvalue weighted by molar-refractivity contribution is 5.96. The quantitative estimate of drug-likeness (QED) is 0.0969. The lowest BCUT2D eigenvalue weighted by molar-refractivity contribution is -0.133. The predicted octanol–water partition coefficient (Wildman–Crippen LogP) is -1.39. The second-order valence-corrected chi connectivity index (χ2v) is 14.5. The van der Waals surface area contributed by atoms with Gasteiger partial charge in [-0.1, -0.05) is 68.3 Å². The van der Waals surface area contributed by atoms with Gasteiger partial charge in [-0.05, 0) is 36.5 Å². The first-order valence-electron chi connectivity index (χ1n) is 19.9. The number of carbonyl (C=O) groups excluding carboxylic acids is 9. The van der Waals surface area contributed by atoms with Crippen molar-refractivity contribution in [2.45, 2.75) is 95.4 Å². The first kappa shape index (κ1) is 45.9. The van der Waals surface area contributed by atoms with Crippen molar-refractivity contribution in [3.63, 3.8) is 0 Å². The van der Waals surface area contributed by atoms with Crippen molar-refractivity contribution in [3.8, 4) is 0 Å². The van der Waals surface area contributed by atoms with Crippen molar-refractivity contribution in [1.29, 1.82) is 0 Å². The van der Waals surface area contributed by atoms with E-state index in [1.807, 2.05) is 31.2 Å². The Bertz CT molecular complexity index is 2020. The first-order chi connectivity index (χ1) is 28.7. The van der Waals surface area contributed by atoms with E-state index in [2.05, 4.69) is 47.5 Å². The molecule has 5 atom stereocenters. The molecule has 3 unspecified atom stereocenters. The average molecular weight is 831 g/mol. The maximum atomic E-state index is 13.7. The molecule has 1 saturated heterocycles. The second-order valence-electron chi connectivity index (χ2n) is 14.5. The molecule has 1 aliphatic rings. The number of amides is 9. The third kappa shape index (κ3) is 14.5. The molecule has 11 N–H and O–H groups in total. The Labute approximate surface area is 346 Å². The van der Waals surface area contributed by atoms with Crippen molar-refractivity contribution in [2.24, 2.45) is 5.73 Å². The summed E-state index contributed by atoms with van der Waals surface area (Å²) in [5.74, 6) is -6.40. The molecule has 60 heavy (non-hydrogen) atoms. The number of benzene rings is 2. The van der Waals surface area contributed by atoms with Crippen LogP contribution in [0, 0.1) is 0 Å². The molecule has 2 aromatic carbocycles. The van der Waals surface area contributed by atoms with Crippen LogP contribution in [0.25, 0.3) is 10.9 Å². The highest BCUT2D eigenvalue weighted by Crippen LogP contribution is 2.19. The van der Waals surface area contributed by atoms with Gasteiger partial charge in [0.1, 0.15) is 30.2 Å². The van der Waals surface area contributed by atoms with Crippen LogP contribution in [0.2, 0.25) is 0 Å². The van der Waals surface area contributed by atoms with Gasteiger partial charge in [0.25, 0.3) is 0 Å². The van der Waals surface area contributed by atoms with Gasteiger partial charge in [0.15, 0.2) is 0 Å². The zero-order valence-electron chi connectivity index (χ0n) is 33.7. The van der Waals surface area contributed by atoms with Crippen molar-refractivity contribution in [2.75, 3.05) is 19.6 Å². The molecule has 0 saturated carbocycles. The summed E-state index contributed by atoms with van der Waals surface area (Å²) in [7, 11) is 0. The van der Waals surface area contributed by atoms with E-state index in [-0.39, 0.29) is 38.6 Å². The van der Waals surface area contributed by atoms with Crippen molar-refractivity contribution in [3.05, 3.63) is 71.9 Å². The van der Waals surface area contributed by atoms with Crippen LogP contribution in [0.1, 0.15) is 63.5 Å². The fourth-order valence-electron chi connectivity index (χ4n) is 6.60. The van der Waals surface area contributed by atoms with Gasteiger partial charge in [-0.25, -0.2) is 0 Å². The number of hydrogen-bond donors (Lipinski definition) is 10. The lowest BCUT2D eigenvalue weighted by Crippen LogP contribution is -2.56. The Kier molecular flexibility index (Phi) is 17.6. The Morgan fingerprint density at radius 3 is 2.18 bits per heavy atom. The lowest BCUT2D eigenvalue weighted by atomic mass is 10.0. The molecule has 0 aliphatic carbocycles. The van der Waals surface area contributed by atoms with Gasteiger partial charge < -0.3 is 53.3 Å². The van der Waals surface area contributed by atoms with Crippen molar-refractivity contribution < 1.29 is 43.2 Å². The molecule has 3 aromatic rings. The molecule has 9 amide bonds. The van der Waals surface area contributed by atoms with Crippen LogP contribution < -0.4 is 48.3 Å². The van der Waals surface area contributed by atoms with Crippen LogP contribution in [0.15, 0.2) is 60.8 Å². The maximum Gasteiger partial charge on any atom is 0.243 e. The standard InChI is InChI=1S/C41H54N10O9/c1-3-4-13-29(47-24(2)52)40(59)50-30-15-16-34(53)43-18-17-31(41(60)51-32(37(42)56)20-26-21-44-28-14-9-8-12-27(26)28)48-35(54)22-46-39(58)33(19-25-10-6-5-7-11-25)49-36(55)23-45-38(30)57/h5-12,14,21,29-33,44H,3-4,13,15-20,22-23H2,1-2H3,(H2,42,56)(H,43,53)(H,45,57)(H,46,58)(H,47,52)(H,48,54)(H,49,55)(H,50,59)(H,51,60)/t29-,30?,31?,32-,33?/m0/s1. The minimum atomic E-state index is -1.33. The Balaban J connectivity index is 1.56. The number of unbranched alkanes of at least 4 members (excludes halogenated alkanes) is 1. The van der Waals surface area contributed by atoms with E-state index >= 15 is 0 Å². The van der Waals surface area contributed by atoms with Crippen molar-refractivity contribution in [1.82, 2.24) is 47.5 Å². The maximum absolute atomic E-state index is 13.7. The molecule has 1 aliphatic heterocycles. The number of primary amides is 1. The summed E-state index contributed by atoms with van der Waals surface area (Å²) in [6, 6.07) is 10.1. The number of aromatic amines is 1. The van der Waals surface area contributed by atoms with Gasteiger partial charge in [-0.3, -0.25) is 43.2 Å². The summed E-state index contributed by atoms with van der Waals surface area (Å²) in [6.07, 6.45) is 2.68. The number of nitrogens with one attached hydrogen (secondary N) is 9. The van der Waals surface area contributed by atoms with Crippen LogP contribution in [0.5, 0.6) is 0 Å². The number of fused-ring (bicyclic) bond motifs is 1. The van der Waals surface area contributed by atoms with Gasteiger partial charge in [-0.2, -0.15) is 0 Å². The molecule has 0 radical (unpaired) electrons. The molecule has 0 spiro atoms. The summed E-state index contributed by atoms with van der Waals surface area (Å²) in [5, 5.41) is 21.3.